The van der Waals surface area contributed by atoms with Gasteiger partial charge >= 0.3 is 0 Å². The number of benzene rings is 1. The third-order valence-electron chi connectivity index (χ3n) is 2.66. The number of thiazole rings is 1. The minimum atomic E-state index is -0.471. The minimum absolute atomic E-state index is 0.360. The Balaban J connectivity index is 2.01. The summed E-state index contributed by atoms with van der Waals surface area (Å²) in [6, 6.07) is 7.04. The number of fused-ring (bicyclic) bond motifs is 1. The number of nitrogens with zero attached hydrogens (tertiary/aromatic N) is 2. The molecule has 0 radical (unpaired) electrons. The lowest BCUT2D eigenvalue weighted by Gasteiger charge is -2.14. The van der Waals surface area contributed by atoms with Crippen LogP contribution in [0.2, 0.25) is 0 Å². The largest absolute Gasteiger partial charge is 0.299 e. The number of aromatic nitrogens is 1. The van der Waals surface area contributed by atoms with Gasteiger partial charge in [0.25, 0.3) is 11.7 Å². The van der Waals surface area contributed by atoms with Crippen LogP contribution in [-0.2, 0) is 11.3 Å². The molecule has 1 aliphatic rings. The summed E-state index contributed by atoms with van der Waals surface area (Å²) in [6.07, 6.45) is 1.69. The van der Waals surface area contributed by atoms with Crippen LogP contribution in [0.25, 0.3) is 0 Å². The molecule has 0 fully saturated rings. The molecule has 1 aliphatic heterocycles. The number of hydrogen-bond acceptors (Lipinski definition) is 4. The number of amides is 1. The predicted octanol–water partition coefficient (Wildman–Crippen LogP) is 1.87. The molecule has 0 bridgehead atoms. The van der Waals surface area contributed by atoms with Gasteiger partial charge in [0.15, 0.2) is 0 Å². The van der Waals surface area contributed by atoms with Gasteiger partial charge in [-0.3, -0.25) is 14.5 Å². The monoisotopic (exact) mass is 244 g/mol. The molecule has 0 unspecified atom stereocenters. The lowest BCUT2D eigenvalue weighted by Crippen LogP contribution is -2.29. The van der Waals surface area contributed by atoms with Crippen LogP contribution in [0.1, 0.15) is 15.4 Å². The molecule has 4 nitrogen and oxygen atoms in total. The van der Waals surface area contributed by atoms with E-state index in [-0.39, 0.29) is 0 Å². The highest BCUT2D eigenvalue weighted by Crippen LogP contribution is 2.30. The molecular weight excluding hydrogens is 236 g/mol. The molecule has 0 aliphatic carbocycles. The molecule has 0 atom stereocenters. The van der Waals surface area contributed by atoms with Crippen molar-refractivity contribution in [3.8, 4) is 0 Å². The highest BCUT2D eigenvalue weighted by molar-refractivity contribution is 7.09. The van der Waals surface area contributed by atoms with Crippen molar-refractivity contribution in [3.63, 3.8) is 0 Å². The number of Topliss-reactive ketones (excluding diaryl/α,β-unsaturated/α-hetero) is 1. The minimum Gasteiger partial charge on any atom is -0.298 e. The Hall–Kier alpha value is -2.01. The maximum absolute atomic E-state index is 11.8. The van der Waals surface area contributed by atoms with E-state index in [9.17, 15) is 9.59 Å². The van der Waals surface area contributed by atoms with Gasteiger partial charge in [0, 0.05) is 11.6 Å². The van der Waals surface area contributed by atoms with Gasteiger partial charge in [-0.2, -0.15) is 0 Å². The van der Waals surface area contributed by atoms with Crippen molar-refractivity contribution < 1.29 is 9.59 Å². The summed E-state index contributed by atoms with van der Waals surface area (Å²) in [5.74, 6) is -0.904. The van der Waals surface area contributed by atoms with Gasteiger partial charge in [0.2, 0.25) is 0 Å². The molecule has 3 rings (SSSR count). The summed E-state index contributed by atoms with van der Waals surface area (Å²) in [6.45, 7) is 0.360. The molecular formula is C12H8N2O2S. The summed E-state index contributed by atoms with van der Waals surface area (Å²) in [4.78, 5) is 29.2. The second-order valence-electron chi connectivity index (χ2n) is 3.66. The molecule has 1 aromatic carbocycles. The highest BCUT2D eigenvalue weighted by atomic mass is 32.1. The molecule has 0 saturated heterocycles. The first kappa shape index (κ1) is 10.2. The predicted molar refractivity (Wildman–Crippen MR) is 64.1 cm³/mol. The van der Waals surface area contributed by atoms with Gasteiger partial charge in [-0.1, -0.05) is 12.1 Å². The van der Waals surface area contributed by atoms with Crippen molar-refractivity contribution in [2.24, 2.45) is 0 Å². The first-order valence-electron chi connectivity index (χ1n) is 5.11. The van der Waals surface area contributed by atoms with E-state index in [0.717, 1.165) is 5.01 Å². The van der Waals surface area contributed by atoms with E-state index in [1.54, 1.807) is 24.4 Å². The molecule has 2 heterocycles. The normalized spacial score (nSPS) is 14.2. The van der Waals surface area contributed by atoms with Gasteiger partial charge in [-0.15, -0.1) is 11.3 Å². The molecule has 0 saturated carbocycles. The van der Waals surface area contributed by atoms with Crippen LogP contribution >= 0.6 is 11.3 Å². The summed E-state index contributed by atoms with van der Waals surface area (Å²) in [7, 11) is 0. The number of hydrogen-bond donors (Lipinski definition) is 0. The first-order chi connectivity index (χ1) is 8.27. The van der Waals surface area contributed by atoms with Crippen molar-refractivity contribution in [1.82, 2.24) is 4.98 Å². The molecule has 0 spiro atoms. The topological polar surface area (TPSA) is 50.3 Å². The van der Waals surface area contributed by atoms with Crippen LogP contribution in [-0.4, -0.2) is 16.7 Å². The lowest BCUT2D eigenvalue weighted by molar-refractivity contribution is -0.114. The Morgan fingerprint density at radius 2 is 2.06 bits per heavy atom. The quantitative estimate of drug-likeness (QED) is 0.758. The van der Waals surface area contributed by atoms with E-state index in [0.29, 0.717) is 17.8 Å². The molecule has 1 aromatic heterocycles. The van der Waals surface area contributed by atoms with Crippen LogP contribution in [0.5, 0.6) is 0 Å². The summed E-state index contributed by atoms with van der Waals surface area (Å²) < 4.78 is 0. The van der Waals surface area contributed by atoms with Gasteiger partial charge in [0.05, 0.1) is 17.8 Å². The fourth-order valence-corrected chi connectivity index (χ4v) is 2.48. The van der Waals surface area contributed by atoms with Crippen molar-refractivity contribution >= 4 is 28.7 Å². The van der Waals surface area contributed by atoms with Crippen molar-refractivity contribution in [2.45, 2.75) is 6.54 Å². The summed E-state index contributed by atoms with van der Waals surface area (Å²) in [5.41, 5.74) is 1.16. The lowest BCUT2D eigenvalue weighted by atomic mass is 10.1. The molecule has 1 amide bonds. The highest BCUT2D eigenvalue weighted by Gasteiger charge is 2.35. The Morgan fingerprint density at radius 1 is 1.24 bits per heavy atom. The Bertz CT molecular complexity index is 592. The second-order valence-corrected chi connectivity index (χ2v) is 4.64. The van der Waals surface area contributed by atoms with Crippen LogP contribution < -0.4 is 4.90 Å². The molecule has 84 valence electrons. The molecule has 5 heteroatoms. The van der Waals surface area contributed by atoms with E-state index in [4.69, 9.17) is 0 Å². The maximum atomic E-state index is 11.8. The smallest absolute Gasteiger partial charge is 0.298 e. The van der Waals surface area contributed by atoms with E-state index in [1.807, 2.05) is 11.4 Å². The van der Waals surface area contributed by atoms with E-state index < -0.39 is 11.7 Å². The number of rotatable bonds is 2. The van der Waals surface area contributed by atoms with Gasteiger partial charge in [-0.25, -0.2) is 4.98 Å². The van der Waals surface area contributed by atoms with Crippen molar-refractivity contribution in [3.05, 3.63) is 46.4 Å². The average molecular weight is 244 g/mol. The third kappa shape index (κ3) is 1.55. The zero-order chi connectivity index (χ0) is 11.8. The van der Waals surface area contributed by atoms with Crippen molar-refractivity contribution in [2.75, 3.05) is 4.90 Å². The zero-order valence-electron chi connectivity index (χ0n) is 8.79. The van der Waals surface area contributed by atoms with E-state index in [2.05, 4.69) is 4.98 Å². The first-order valence-corrected chi connectivity index (χ1v) is 5.99. The standard InChI is InChI=1S/C12H8N2O2S/c15-11-8-3-1-2-4-9(8)14(12(11)16)7-10-13-5-6-17-10/h1-6H,7H2. The number of ketones is 1. The van der Waals surface area contributed by atoms with E-state index >= 15 is 0 Å². The van der Waals surface area contributed by atoms with Crippen LogP contribution in [0.15, 0.2) is 35.8 Å². The number of carbonyl (C=O) groups excluding carboxylic acids is 2. The summed E-state index contributed by atoms with van der Waals surface area (Å²) >= 11 is 1.47. The Labute approximate surface area is 102 Å². The van der Waals surface area contributed by atoms with Crippen LogP contribution in [0, 0.1) is 0 Å². The molecule has 17 heavy (non-hydrogen) atoms. The van der Waals surface area contributed by atoms with Gasteiger partial charge in [-0.05, 0) is 12.1 Å². The Kier molecular flexibility index (Phi) is 2.26. The fourth-order valence-electron chi connectivity index (χ4n) is 1.87. The molecule has 0 N–H and O–H groups in total. The zero-order valence-corrected chi connectivity index (χ0v) is 9.61. The van der Waals surface area contributed by atoms with Crippen LogP contribution in [0.3, 0.4) is 0 Å². The van der Waals surface area contributed by atoms with Crippen LogP contribution in [0.4, 0.5) is 5.69 Å². The Morgan fingerprint density at radius 3 is 2.82 bits per heavy atom. The van der Waals surface area contributed by atoms with Gasteiger partial charge < -0.3 is 0 Å². The SMILES string of the molecule is O=C1C(=O)N(Cc2nccs2)c2ccccc21. The van der Waals surface area contributed by atoms with Crippen molar-refractivity contribution in [1.29, 1.82) is 0 Å². The third-order valence-corrected chi connectivity index (χ3v) is 3.42. The van der Waals surface area contributed by atoms with Gasteiger partial charge in [0.1, 0.15) is 5.01 Å². The number of carbonyl (C=O) groups is 2. The number of anilines is 1. The summed E-state index contributed by atoms with van der Waals surface area (Å²) in [5, 5.41) is 2.67. The fraction of sp³-hybridized carbons (Fsp3) is 0.0833. The maximum Gasteiger partial charge on any atom is 0.299 e. The second kappa shape index (κ2) is 3.78. The van der Waals surface area contributed by atoms with E-state index in [1.165, 1.54) is 16.2 Å². The molecule has 2 aromatic rings. The number of para-hydroxylation sites is 1. The average Bonchev–Trinajstić information content (AvgIpc) is 2.94.